The lowest BCUT2D eigenvalue weighted by atomic mass is 10.1. The molecule has 0 spiro atoms. The maximum absolute atomic E-state index is 9.45. The average Bonchev–Trinajstić information content (AvgIpc) is 2.91. The van der Waals surface area contributed by atoms with Crippen LogP contribution in [0, 0.1) is 0 Å². The van der Waals surface area contributed by atoms with Crippen LogP contribution in [0.4, 0.5) is 0 Å². The molecule has 2 N–H and O–H groups in total. The van der Waals surface area contributed by atoms with Crippen LogP contribution >= 0.6 is 0 Å². The van der Waals surface area contributed by atoms with E-state index in [1.807, 2.05) is 0 Å². The van der Waals surface area contributed by atoms with Crippen LogP contribution in [0.1, 0.15) is 164 Å². The smallest absolute Gasteiger partial charge is 0.332 e. The highest BCUT2D eigenvalue weighted by atomic mass is 16.4. The van der Waals surface area contributed by atoms with E-state index in [9.17, 15) is 4.79 Å². The molecule has 0 aromatic carbocycles. The number of carboxylic acid groups (broad SMARTS) is 1. The molecule has 0 saturated heterocycles. The van der Waals surface area contributed by atoms with Crippen molar-refractivity contribution in [3.05, 3.63) is 0 Å². The van der Waals surface area contributed by atoms with Gasteiger partial charge in [0.2, 0.25) is 0 Å². The van der Waals surface area contributed by atoms with E-state index in [1.165, 1.54) is 162 Å². The first-order valence-corrected chi connectivity index (χ1v) is 16.7. The van der Waals surface area contributed by atoms with Gasteiger partial charge in [0, 0.05) is 0 Å². The van der Waals surface area contributed by atoms with Crippen molar-refractivity contribution in [1.82, 2.24) is 9.80 Å². The molecule has 0 aromatic heterocycles. The van der Waals surface area contributed by atoms with Gasteiger partial charge in [-0.1, -0.05) is 138 Å². The van der Waals surface area contributed by atoms with Crippen LogP contribution in [0.15, 0.2) is 0 Å². The monoisotopic (exact) mass is 545 g/mol. The van der Waals surface area contributed by atoms with Gasteiger partial charge in [-0.2, -0.15) is 0 Å². The molecule has 0 aromatic rings. The van der Waals surface area contributed by atoms with Gasteiger partial charge in [0.25, 0.3) is 0 Å². The number of rotatable bonds is 25. The lowest BCUT2D eigenvalue weighted by Gasteiger charge is -2.22. The minimum absolute atomic E-state index is 1.19. The van der Waals surface area contributed by atoms with Crippen molar-refractivity contribution in [1.29, 1.82) is 0 Å². The Bertz CT molecular complexity index is 385. The first-order valence-electron chi connectivity index (χ1n) is 16.7. The second kappa shape index (κ2) is 36.4. The van der Waals surface area contributed by atoms with E-state index >= 15 is 0 Å². The summed E-state index contributed by atoms with van der Waals surface area (Å²) in [5.41, 5.74) is 0. The van der Waals surface area contributed by atoms with Gasteiger partial charge in [0.05, 0.1) is 0 Å². The molecule has 1 atom stereocenters. The van der Waals surface area contributed by atoms with Crippen LogP contribution in [0.25, 0.3) is 0 Å². The molecule has 0 amide bonds. The third-order valence-corrected chi connectivity index (χ3v) is 7.18. The molecule has 0 radical (unpaired) electrons. The molecule has 232 valence electrons. The van der Waals surface area contributed by atoms with Crippen LogP contribution in [-0.4, -0.2) is 71.4 Å². The Balaban J connectivity index is -0.000000769. The Kier molecular flexibility index (Phi) is 40.0. The SMILES string of the molecule is CC(O)C(=O)O.CCCCCCCCN(CCCCCCCC)CCCCCCCC.CCN(CC)CC. The molecule has 5 heteroatoms. The number of aliphatic carboxylic acids is 1. The lowest BCUT2D eigenvalue weighted by Crippen LogP contribution is -2.27. The van der Waals surface area contributed by atoms with E-state index in [0.717, 1.165) is 0 Å². The highest BCUT2D eigenvalue weighted by Gasteiger charge is 2.05. The molecule has 0 aliphatic carbocycles. The Hall–Kier alpha value is -0.650. The van der Waals surface area contributed by atoms with Gasteiger partial charge in [0.1, 0.15) is 6.10 Å². The zero-order chi connectivity index (χ0) is 29.3. The molecule has 1 unspecified atom stereocenters. The van der Waals surface area contributed by atoms with Crippen LogP contribution in [0.5, 0.6) is 0 Å². The fourth-order valence-corrected chi connectivity index (χ4v) is 4.35. The molecule has 0 aliphatic heterocycles. The van der Waals surface area contributed by atoms with Crippen LogP contribution < -0.4 is 0 Å². The summed E-state index contributed by atoms with van der Waals surface area (Å²) in [6, 6.07) is 0. The second-order valence-corrected chi connectivity index (χ2v) is 10.8. The van der Waals surface area contributed by atoms with E-state index in [4.69, 9.17) is 10.2 Å². The second-order valence-electron chi connectivity index (χ2n) is 10.8. The highest BCUT2D eigenvalue weighted by Crippen LogP contribution is 2.11. The fourth-order valence-electron chi connectivity index (χ4n) is 4.35. The summed E-state index contributed by atoms with van der Waals surface area (Å²) in [5.74, 6) is -1.19. The molecule has 0 heterocycles. The molecule has 0 bridgehead atoms. The number of hydrogen-bond donors (Lipinski definition) is 2. The van der Waals surface area contributed by atoms with Crippen LogP contribution in [0.3, 0.4) is 0 Å². The summed E-state index contributed by atoms with van der Waals surface area (Å²) in [6.45, 7) is 22.3. The standard InChI is InChI=1S/C24H51N.C6H15N.C3H6O3/c1-4-7-10-13-16-19-22-25(23-20-17-14-11-8-5-2)24-21-18-15-12-9-6-3;1-4-7(5-2)6-3;1-2(4)3(5)6/h4-24H2,1-3H3;4-6H2,1-3H3;2,4H,1H3,(H,5,6). The number of aliphatic hydroxyl groups excluding tert-OH is 1. The Morgan fingerprint density at radius 2 is 0.737 bits per heavy atom. The maximum atomic E-state index is 9.45. The van der Waals surface area contributed by atoms with Crippen molar-refractivity contribution in [3.8, 4) is 0 Å². The first-order chi connectivity index (χ1) is 18.3. The van der Waals surface area contributed by atoms with Crippen molar-refractivity contribution >= 4 is 5.97 Å². The summed E-state index contributed by atoms with van der Waals surface area (Å²) in [5, 5.41) is 15.8. The van der Waals surface area contributed by atoms with Gasteiger partial charge < -0.3 is 20.0 Å². The largest absolute Gasteiger partial charge is 0.479 e. The predicted octanol–water partition coefficient (Wildman–Crippen LogP) is 9.17. The molecule has 5 nitrogen and oxygen atoms in total. The summed E-state index contributed by atoms with van der Waals surface area (Å²) in [4.78, 5) is 14.6. The van der Waals surface area contributed by atoms with Crippen LogP contribution in [-0.2, 0) is 4.79 Å². The van der Waals surface area contributed by atoms with Crippen molar-refractivity contribution in [2.24, 2.45) is 0 Å². The summed E-state index contributed by atoms with van der Waals surface area (Å²) in [6.07, 6.45) is 24.5. The molecule has 0 fully saturated rings. The number of aliphatic hydroxyl groups is 1. The fraction of sp³-hybridized carbons (Fsp3) is 0.970. The van der Waals surface area contributed by atoms with Crippen molar-refractivity contribution < 1.29 is 15.0 Å². The van der Waals surface area contributed by atoms with Gasteiger partial charge in [-0.05, 0) is 65.5 Å². The third-order valence-electron chi connectivity index (χ3n) is 7.18. The summed E-state index contributed by atoms with van der Waals surface area (Å²) >= 11 is 0. The number of hydrogen-bond acceptors (Lipinski definition) is 4. The Labute approximate surface area is 240 Å². The Morgan fingerprint density at radius 3 is 0.921 bits per heavy atom. The zero-order valence-corrected chi connectivity index (χ0v) is 27.2. The molecular weight excluding hydrogens is 472 g/mol. The van der Waals surface area contributed by atoms with Crippen molar-refractivity contribution in [2.45, 2.75) is 170 Å². The third kappa shape index (κ3) is 37.5. The van der Waals surface area contributed by atoms with Gasteiger partial charge >= 0.3 is 5.97 Å². The number of nitrogens with zero attached hydrogens (tertiary/aromatic N) is 2. The molecule has 0 rings (SSSR count). The predicted molar refractivity (Wildman–Crippen MR) is 169 cm³/mol. The summed E-state index contributed by atoms with van der Waals surface area (Å²) < 4.78 is 0. The van der Waals surface area contributed by atoms with Gasteiger partial charge in [-0.25, -0.2) is 4.79 Å². The molecule has 38 heavy (non-hydrogen) atoms. The average molecular weight is 545 g/mol. The van der Waals surface area contributed by atoms with Gasteiger partial charge in [-0.3, -0.25) is 0 Å². The number of carboxylic acids is 1. The lowest BCUT2D eigenvalue weighted by molar-refractivity contribution is -0.145. The quantitative estimate of drug-likeness (QED) is 0.112. The maximum Gasteiger partial charge on any atom is 0.332 e. The van der Waals surface area contributed by atoms with E-state index in [-0.39, 0.29) is 0 Å². The summed E-state index contributed by atoms with van der Waals surface area (Å²) in [7, 11) is 0. The van der Waals surface area contributed by atoms with Gasteiger partial charge in [0.15, 0.2) is 0 Å². The van der Waals surface area contributed by atoms with E-state index < -0.39 is 12.1 Å². The minimum Gasteiger partial charge on any atom is -0.479 e. The van der Waals surface area contributed by atoms with E-state index in [0.29, 0.717) is 0 Å². The zero-order valence-electron chi connectivity index (χ0n) is 27.2. The topological polar surface area (TPSA) is 64.0 Å². The van der Waals surface area contributed by atoms with Crippen molar-refractivity contribution in [2.75, 3.05) is 39.3 Å². The highest BCUT2D eigenvalue weighted by molar-refractivity contribution is 5.71. The molecule has 0 saturated carbocycles. The molecule has 0 aliphatic rings. The van der Waals surface area contributed by atoms with E-state index in [1.54, 1.807) is 0 Å². The van der Waals surface area contributed by atoms with Gasteiger partial charge in [-0.15, -0.1) is 0 Å². The first kappa shape index (κ1) is 41.8. The minimum atomic E-state index is -1.23. The Morgan fingerprint density at radius 1 is 0.500 bits per heavy atom. The number of carbonyl (C=O) groups is 1. The number of unbranched alkanes of at least 4 members (excludes halogenated alkanes) is 15. The van der Waals surface area contributed by atoms with E-state index in [2.05, 4.69) is 51.3 Å². The normalized spacial score (nSPS) is 11.6. The van der Waals surface area contributed by atoms with Crippen molar-refractivity contribution in [3.63, 3.8) is 0 Å². The molecular formula is C33H72N2O3. The van der Waals surface area contributed by atoms with Crippen LogP contribution in [0.2, 0.25) is 0 Å².